The third-order valence-corrected chi connectivity index (χ3v) is 2.11. The Hall–Kier alpha value is -0.0700. The van der Waals surface area contributed by atoms with Crippen molar-refractivity contribution in [2.24, 2.45) is 5.73 Å². The maximum absolute atomic E-state index is 12.6. The average Bonchev–Trinajstić information content (AvgIpc) is 2.03. The van der Waals surface area contributed by atoms with Crippen LogP contribution >= 0.6 is 35.0 Å². The molecule has 0 aliphatic rings. The van der Waals surface area contributed by atoms with E-state index in [2.05, 4.69) is 0 Å². The lowest BCUT2D eigenvalue weighted by Gasteiger charge is -2.05. The fraction of sp³-hybridized carbons (Fsp3) is 0.250. The minimum atomic E-state index is -0.250. The van der Waals surface area contributed by atoms with Gasteiger partial charge >= 0.3 is 0 Å². The van der Waals surface area contributed by atoms with Gasteiger partial charge in [-0.05, 0) is 40.8 Å². The molecule has 0 aromatic heterocycles. The Bertz CT molecular complexity index is 272. The highest BCUT2D eigenvalue weighted by Crippen LogP contribution is 2.20. The molecular formula is C8H10ClFINO. The van der Waals surface area contributed by atoms with Crippen LogP contribution < -0.4 is 10.5 Å². The maximum Gasteiger partial charge on any atom is 0.132 e. The lowest BCUT2D eigenvalue weighted by molar-refractivity contribution is 0.325. The second kappa shape index (κ2) is 6.39. The molecule has 2 nitrogen and oxygen atoms in total. The van der Waals surface area contributed by atoms with Crippen molar-refractivity contribution in [1.29, 1.82) is 0 Å². The molecule has 0 amide bonds. The second-order valence-corrected chi connectivity index (χ2v) is 3.37. The normalized spacial score (nSPS) is 9.15. The molecule has 2 N–H and O–H groups in total. The molecule has 0 spiro atoms. The summed E-state index contributed by atoms with van der Waals surface area (Å²) in [7, 11) is 0. The molecule has 0 saturated heterocycles. The van der Waals surface area contributed by atoms with Crippen molar-refractivity contribution < 1.29 is 9.13 Å². The highest BCUT2D eigenvalue weighted by atomic mass is 127. The minimum Gasteiger partial charge on any atom is -0.491 e. The van der Waals surface area contributed by atoms with E-state index < -0.39 is 0 Å². The van der Waals surface area contributed by atoms with E-state index in [1.807, 2.05) is 22.6 Å². The van der Waals surface area contributed by atoms with Crippen LogP contribution in [-0.4, -0.2) is 13.2 Å². The molecule has 5 heteroatoms. The van der Waals surface area contributed by atoms with Gasteiger partial charge in [-0.15, -0.1) is 12.4 Å². The summed E-state index contributed by atoms with van der Waals surface area (Å²) in [6, 6.07) is 4.40. The Morgan fingerprint density at radius 2 is 2.15 bits per heavy atom. The Morgan fingerprint density at radius 1 is 1.46 bits per heavy atom. The van der Waals surface area contributed by atoms with Crippen molar-refractivity contribution in [2.75, 3.05) is 13.2 Å². The summed E-state index contributed by atoms with van der Waals surface area (Å²) in [5.74, 6) is 0.432. The molecule has 74 valence electrons. The van der Waals surface area contributed by atoms with Crippen molar-refractivity contribution >= 4 is 35.0 Å². The van der Waals surface area contributed by atoms with Gasteiger partial charge in [0.25, 0.3) is 0 Å². The zero-order valence-corrected chi connectivity index (χ0v) is 9.77. The first-order chi connectivity index (χ1) is 5.74. The van der Waals surface area contributed by atoms with Gasteiger partial charge in [-0.2, -0.15) is 0 Å². The van der Waals surface area contributed by atoms with Gasteiger partial charge in [-0.3, -0.25) is 0 Å². The number of rotatable bonds is 3. The molecule has 1 rings (SSSR count). The Morgan fingerprint density at radius 3 is 2.69 bits per heavy atom. The first-order valence-corrected chi connectivity index (χ1v) is 4.60. The fourth-order valence-electron chi connectivity index (χ4n) is 0.761. The van der Waals surface area contributed by atoms with E-state index in [9.17, 15) is 4.39 Å². The van der Waals surface area contributed by atoms with Gasteiger partial charge in [-0.25, -0.2) is 4.39 Å². The Balaban J connectivity index is 0.00000144. The largest absolute Gasteiger partial charge is 0.491 e. The van der Waals surface area contributed by atoms with E-state index >= 15 is 0 Å². The highest BCUT2D eigenvalue weighted by molar-refractivity contribution is 14.1. The summed E-state index contributed by atoms with van der Waals surface area (Å²) >= 11 is 2.02. The summed E-state index contributed by atoms with van der Waals surface area (Å²) < 4.78 is 18.6. The summed E-state index contributed by atoms with van der Waals surface area (Å²) in [5, 5.41) is 0. The van der Waals surface area contributed by atoms with Crippen molar-refractivity contribution in [3.05, 3.63) is 27.6 Å². The van der Waals surface area contributed by atoms with Gasteiger partial charge in [0.1, 0.15) is 18.2 Å². The quantitative estimate of drug-likeness (QED) is 0.868. The first kappa shape index (κ1) is 12.9. The van der Waals surface area contributed by atoms with E-state index in [4.69, 9.17) is 10.5 Å². The van der Waals surface area contributed by atoms with Crippen molar-refractivity contribution in [2.45, 2.75) is 0 Å². The van der Waals surface area contributed by atoms with Gasteiger partial charge in [0.05, 0.1) is 3.57 Å². The van der Waals surface area contributed by atoms with E-state index in [1.54, 1.807) is 6.07 Å². The summed E-state index contributed by atoms with van der Waals surface area (Å²) in [6.45, 7) is 0.926. The minimum absolute atomic E-state index is 0. The number of hydrogen-bond acceptors (Lipinski definition) is 2. The lowest BCUT2D eigenvalue weighted by atomic mass is 10.3. The summed E-state index contributed by atoms with van der Waals surface area (Å²) in [5.41, 5.74) is 5.25. The molecule has 0 aliphatic heterocycles. The number of benzene rings is 1. The van der Waals surface area contributed by atoms with Crippen LogP contribution in [0.4, 0.5) is 4.39 Å². The molecule has 0 radical (unpaired) electrons. The topological polar surface area (TPSA) is 35.2 Å². The van der Waals surface area contributed by atoms with Gasteiger partial charge in [0.15, 0.2) is 0 Å². The van der Waals surface area contributed by atoms with Crippen molar-refractivity contribution in [3.63, 3.8) is 0 Å². The SMILES string of the molecule is Cl.NCCOc1ccc(F)cc1I. The van der Waals surface area contributed by atoms with Gasteiger partial charge in [0.2, 0.25) is 0 Å². The standard InChI is InChI=1S/C8H9FINO.ClH/c9-6-1-2-8(7(10)5-6)12-4-3-11;/h1-2,5H,3-4,11H2;1H. The van der Waals surface area contributed by atoms with Gasteiger partial charge in [-0.1, -0.05) is 0 Å². The van der Waals surface area contributed by atoms with Crippen LogP contribution in [-0.2, 0) is 0 Å². The molecule has 0 saturated carbocycles. The monoisotopic (exact) mass is 317 g/mol. The van der Waals surface area contributed by atoms with E-state index in [-0.39, 0.29) is 18.2 Å². The predicted octanol–water partition coefficient (Wildman–Crippen LogP) is 2.19. The zero-order valence-electron chi connectivity index (χ0n) is 6.80. The molecule has 0 atom stereocenters. The molecule has 0 heterocycles. The number of ether oxygens (including phenoxy) is 1. The number of hydrogen-bond donors (Lipinski definition) is 1. The molecule has 0 bridgehead atoms. The predicted molar refractivity (Wildman–Crippen MR) is 60.9 cm³/mol. The Kier molecular flexibility index (Phi) is 6.36. The molecular weight excluding hydrogens is 307 g/mol. The van der Waals surface area contributed by atoms with Crippen LogP contribution in [0.5, 0.6) is 5.75 Å². The first-order valence-electron chi connectivity index (χ1n) is 3.52. The zero-order chi connectivity index (χ0) is 8.97. The molecule has 0 unspecified atom stereocenters. The second-order valence-electron chi connectivity index (χ2n) is 2.21. The van der Waals surface area contributed by atoms with Gasteiger partial charge in [0, 0.05) is 6.54 Å². The van der Waals surface area contributed by atoms with Crippen LogP contribution in [0.1, 0.15) is 0 Å². The molecule has 1 aromatic rings. The number of nitrogens with two attached hydrogens (primary N) is 1. The smallest absolute Gasteiger partial charge is 0.132 e. The van der Waals surface area contributed by atoms with Gasteiger partial charge < -0.3 is 10.5 Å². The van der Waals surface area contributed by atoms with Crippen LogP contribution in [0.2, 0.25) is 0 Å². The average molecular weight is 318 g/mol. The third-order valence-electron chi connectivity index (χ3n) is 1.27. The van der Waals surface area contributed by atoms with Crippen LogP contribution in [0.3, 0.4) is 0 Å². The van der Waals surface area contributed by atoms with Crippen molar-refractivity contribution in [3.8, 4) is 5.75 Å². The number of halogens is 3. The van der Waals surface area contributed by atoms with Crippen LogP contribution in [0.25, 0.3) is 0 Å². The maximum atomic E-state index is 12.6. The fourth-order valence-corrected chi connectivity index (χ4v) is 1.39. The molecule has 0 fully saturated rings. The van der Waals surface area contributed by atoms with Crippen LogP contribution in [0.15, 0.2) is 18.2 Å². The van der Waals surface area contributed by atoms with E-state index in [0.717, 1.165) is 3.57 Å². The summed E-state index contributed by atoms with van der Waals surface area (Å²) in [6.07, 6.45) is 0. The van der Waals surface area contributed by atoms with Crippen LogP contribution in [0, 0.1) is 9.39 Å². The lowest BCUT2D eigenvalue weighted by Crippen LogP contribution is -2.11. The molecule has 0 aliphatic carbocycles. The van der Waals surface area contributed by atoms with E-state index in [1.165, 1.54) is 12.1 Å². The van der Waals surface area contributed by atoms with E-state index in [0.29, 0.717) is 18.9 Å². The summed E-state index contributed by atoms with van der Waals surface area (Å²) in [4.78, 5) is 0. The molecule has 13 heavy (non-hydrogen) atoms. The third kappa shape index (κ3) is 4.10. The highest BCUT2D eigenvalue weighted by Gasteiger charge is 2.00. The Labute approximate surface area is 96.2 Å². The molecule has 1 aromatic carbocycles. The van der Waals surface area contributed by atoms with Crippen molar-refractivity contribution in [1.82, 2.24) is 0 Å².